The van der Waals surface area contributed by atoms with Crippen molar-refractivity contribution < 1.29 is 4.92 Å². The van der Waals surface area contributed by atoms with Crippen LogP contribution in [0.25, 0.3) is 0 Å². The number of halogens is 1. The zero-order valence-corrected chi connectivity index (χ0v) is 16.4. The maximum absolute atomic E-state index is 11.5. The van der Waals surface area contributed by atoms with E-state index in [1.165, 1.54) is 0 Å². The molecule has 0 bridgehead atoms. The van der Waals surface area contributed by atoms with E-state index in [1.54, 1.807) is 6.07 Å². The number of nitro groups is 1. The Morgan fingerprint density at radius 1 is 1.25 bits per heavy atom. The van der Waals surface area contributed by atoms with Gasteiger partial charge in [-0.25, -0.2) is 4.98 Å². The van der Waals surface area contributed by atoms with Crippen molar-refractivity contribution in [2.24, 2.45) is 17.6 Å². The van der Waals surface area contributed by atoms with Crippen LogP contribution in [0.1, 0.15) is 36.9 Å². The van der Waals surface area contributed by atoms with Crippen molar-refractivity contribution in [3.63, 3.8) is 0 Å². The van der Waals surface area contributed by atoms with E-state index in [0.717, 1.165) is 31.2 Å². The molecule has 9 heteroatoms. The van der Waals surface area contributed by atoms with Crippen molar-refractivity contribution >= 4 is 29.1 Å². The van der Waals surface area contributed by atoms with E-state index >= 15 is 0 Å². The number of hydrogen-bond acceptors (Lipinski definition) is 7. The molecular formula is C19H25ClN6O2. The zero-order chi connectivity index (χ0) is 20.1. The molecule has 0 radical (unpaired) electrons. The summed E-state index contributed by atoms with van der Waals surface area (Å²) < 4.78 is 0. The minimum atomic E-state index is -0.494. The SMILES string of the molecule is NCC1CCCC(Cc2nc(NCc3ccccc3Cl)nc(N)c2[N+](=O)[O-])C1. The lowest BCUT2D eigenvalue weighted by Crippen LogP contribution is -2.24. The quantitative estimate of drug-likeness (QED) is 0.474. The predicted molar refractivity (Wildman–Crippen MR) is 110 cm³/mol. The summed E-state index contributed by atoms with van der Waals surface area (Å²) >= 11 is 6.17. The van der Waals surface area contributed by atoms with Crippen molar-refractivity contribution in [1.29, 1.82) is 0 Å². The Balaban J connectivity index is 1.81. The van der Waals surface area contributed by atoms with Crippen LogP contribution in [0.3, 0.4) is 0 Å². The second kappa shape index (κ2) is 9.16. The lowest BCUT2D eigenvalue weighted by molar-refractivity contribution is -0.385. The Kier molecular flexibility index (Phi) is 6.64. The largest absolute Gasteiger partial charge is 0.378 e. The van der Waals surface area contributed by atoms with Gasteiger partial charge in [0.2, 0.25) is 11.8 Å². The maximum atomic E-state index is 11.5. The number of nitrogens with two attached hydrogens (primary N) is 2. The Morgan fingerprint density at radius 2 is 2.00 bits per heavy atom. The van der Waals surface area contributed by atoms with E-state index in [1.807, 2.05) is 18.2 Å². The van der Waals surface area contributed by atoms with Crippen LogP contribution in [0.5, 0.6) is 0 Å². The van der Waals surface area contributed by atoms with E-state index < -0.39 is 4.92 Å². The molecule has 1 saturated carbocycles. The molecule has 5 N–H and O–H groups in total. The Morgan fingerprint density at radius 3 is 2.71 bits per heavy atom. The van der Waals surface area contributed by atoms with E-state index in [-0.39, 0.29) is 17.5 Å². The third-order valence-corrected chi connectivity index (χ3v) is 5.64. The van der Waals surface area contributed by atoms with Gasteiger partial charge in [0.25, 0.3) is 0 Å². The molecule has 2 aromatic rings. The van der Waals surface area contributed by atoms with Gasteiger partial charge in [0.15, 0.2) is 0 Å². The minimum absolute atomic E-state index is 0.122. The highest BCUT2D eigenvalue weighted by Crippen LogP contribution is 2.34. The van der Waals surface area contributed by atoms with Gasteiger partial charge in [-0.05, 0) is 49.3 Å². The van der Waals surface area contributed by atoms with Gasteiger partial charge < -0.3 is 16.8 Å². The van der Waals surface area contributed by atoms with Crippen LogP contribution < -0.4 is 16.8 Å². The van der Waals surface area contributed by atoms with E-state index in [0.29, 0.717) is 42.1 Å². The van der Waals surface area contributed by atoms with Crippen molar-refractivity contribution in [2.45, 2.75) is 38.6 Å². The third-order valence-electron chi connectivity index (χ3n) is 5.27. The average Bonchev–Trinajstić information content (AvgIpc) is 2.67. The monoisotopic (exact) mass is 404 g/mol. The van der Waals surface area contributed by atoms with Crippen LogP contribution >= 0.6 is 11.6 Å². The van der Waals surface area contributed by atoms with E-state index in [9.17, 15) is 10.1 Å². The molecule has 1 heterocycles. The Bertz CT molecular complexity index is 847. The third kappa shape index (κ3) is 4.88. The summed E-state index contributed by atoms with van der Waals surface area (Å²) in [5.74, 6) is 0.925. The van der Waals surface area contributed by atoms with Gasteiger partial charge in [-0.3, -0.25) is 10.1 Å². The van der Waals surface area contributed by atoms with Gasteiger partial charge in [-0.1, -0.05) is 42.6 Å². The molecule has 2 unspecified atom stereocenters. The van der Waals surface area contributed by atoms with Gasteiger partial charge in [-0.15, -0.1) is 0 Å². The predicted octanol–water partition coefficient (Wildman–Crippen LogP) is 3.54. The summed E-state index contributed by atoms with van der Waals surface area (Å²) in [4.78, 5) is 19.5. The molecule has 1 aliphatic rings. The number of anilines is 2. The second-order valence-corrected chi connectivity index (χ2v) is 7.68. The highest BCUT2D eigenvalue weighted by molar-refractivity contribution is 6.31. The second-order valence-electron chi connectivity index (χ2n) is 7.27. The molecule has 2 atom stereocenters. The smallest absolute Gasteiger partial charge is 0.332 e. The maximum Gasteiger partial charge on any atom is 0.332 e. The highest BCUT2D eigenvalue weighted by atomic mass is 35.5. The molecule has 0 spiro atoms. The number of aromatic nitrogens is 2. The van der Waals surface area contributed by atoms with E-state index in [2.05, 4.69) is 15.3 Å². The fraction of sp³-hybridized carbons (Fsp3) is 0.474. The molecule has 1 aliphatic carbocycles. The van der Waals surface area contributed by atoms with Crippen LogP contribution in [0.2, 0.25) is 5.02 Å². The molecule has 28 heavy (non-hydrogen) atoms. The first-order chi connectivity index (χ1) is 13.5. The Hall–Kier alpha value is -2.45. The van der Waals surface area contributed by atoms with Gasteiger partial charge in [0, 0.05) is 11.6 Å². The van der Waals surface area contributed by atoms with Crippen molar-refractivity contribution in [3.8, 4) is 0 Å². The molecule has 1 fully saturated rings. The number of hydrogen-bond donors (Lipinski definition) is 3. The lowest BCUT2D eigenvalue weighted by Gasteiger charge is -2.28. The molecule has 0 aliphatic heterocycles. The van der Waals surface area contributed by atoms with E-state index in [4.69, 9.17) is 23.1 Å². The summed E-state index contributed by atoms with van der Waals surface area (Å²) in [7, 11) is 0. The molecule has 1 aromatic heterocycles. The highest BCUT2D eigenvalue weighted by Gasteiger charge is 2.28. The topological polar surface area (TPSA) is 133 Å². The van der Waals surface area contributed by atoms with Gasteiger partial charge in [-0.2, -0.15) is 4.98 Å². The summed E-state index contributed by atoms with van der Waals surface area (Å²) in [5, 5.41) is 15.2. The number of rotatable bonds is 7. The Labute approximate surface area is 168 Å². The molecule has 3 rings (SSSR count). The summed E-state index contributed by atoms with van der Waals surface area (Å²) in [6, 6.07) is 7.42. The number of nitrogens with one attached hydrogen (secondary N) is 1. The number of nitrogen functional groups attached to an aromatic ring is 1. The van der Waals surface area contributed by atoms with Gasteiger partial charge in [0.1, 0.15) is 5.69 Å². The fourth-order valence-corrected chi connectivity index (χ4v) is 4.03. The van der Waals surface area contributed by atoms with Gasteiger partial charge >= 0.3 is 5.69 Å². The normalized spacial score (nSPS) is 19.4. The molecule has 0 saturated heterocycles. The van der Waals surface area contributed by atoms with Crippen LogP contribution in [0.4, 0.5) is 17.5 Å². The van der Waals surface area contributed by atoms with Crippen molar-refractivity contribution in [3.05, 3.63) is 50.7 Å². The van der Waals surface area contributed by atoms with Crippen LogP contribution in [0.15, 0.2) is 24.3 Å². The van der Waals surface area contributed by atoms with Crippen LogP contribution in [-0.2, 0) is 13.0 Å². The van der Waals surface area contributed by atoms with Gasteiger partial charge in [0.05, 0.1) is 4.92 Å². The van der Waals surface area contributed by atoms with Crippen LogP contribution in [-0.4, -0.2) is 21.4 Å². The fourth-order valence-electron chi connectivity index (χ4n) is 3.83. The molecule has 1 aromatic carbocycles. The molecular weight excluding hydrogens is 380 g/mol. The summed E-state index contributed by atoms with van der Waals surface area (Å²) in [6.07, 6.45) is 4.67. The van der Waals surface area contributed by atoms with Crippen molar-refractivity contribution in [2.75, 3.05) is 17.6 Å². The molecule has 0 amide bonds. The van der Waals surface area contributed by atoms with Crippen molar-refractivity contribution in [1.82, 2.24) is 9.97 Å². The molecule has 150 valence electrons. The first-order valence-electron chi connectivity index (χ1n) is 9.46. The number of nitrogens with zero attached hydrogens (tertiary/aromatic N) is 3. The van der Waals surface area contributed by atoms with Crippen LogP contribution in [0, 0.1) is 22.0 Å². The molecule has 8 nitrogen and oxygen atoms in total. The summed E-state index contributed by atoms with van der Waals surface area (Å²) in [6.45, 7) is 1.05. The number of benzene rings is 1. The lowest BCUT2D eigenvalue weighted by atomic mass is 9.79. The first kappa shape index (κ1) is 20.3. The average molecular weight is 405 g/mol. The summed E-state index contributed by atoms with van der Waals surface area (Å²) in [5.41, 5.74) is 12.8. The standard InChI is InChI=1S/C19H25ClN6O2/c20-15-7-2-1-6-14(15)11-23-19-24-16(17(26(27)28)18(22)25-19)9-12-4-3-5-13(8-12)10-21/h1-2,6-7,12-13H,3-5,8-11,21H2,(H3,22,23,24,25). The zero-order valence-electron chi connectivity index (χ0n) is 15.6. The first-order valence-corrected chi connectivity index (χ1v) is 9.83. The minimum Gasteiger partial charge on any atom is -0.378 e.